The molecule has 0 aromatic heterocycles. The van der Waals surface area contributed by atoms with Crippen LogP contribution < -0.4 is 15.8 Å². The molecule has 0 aliphatic carbocycles. The zero-order chi connectivity index (χ0) is 16.6. The van der Waals surface area contributed by atoms with Crippen molar-refractivity contribution < 1.29 is 0 Å². The molecule has 0 bridgehead atoms. The normalized spacial score (nSPS) is 19.0. The lowest BCUT2D eigenvalue weighted by Gasteiger charge is -2.33. The van der Waals surface area contributed by atoms with E-state index in [1.165, 1.54) is 21.2 Å². The van der Waals surface area contributed by atoms with Crippen LogP contribution in [0.1, 0.15) is 34.1 Å². The van der Waals surface area contributed by atoms with Crippen molar-refractivity contribution in [3.05, 3.63) is 46.8 Å². The van der Waals surface area contributed by atoms with Crippen molar-refractivity contribution in [1.29, 1.82) is 0 Å². The van der Waals surface area contributed by atoms with Crippen LogP contribution in [0.5, 0.6) is 0 Å². The Morgan fingerprint density at radius 2 is 1.87 bits per heavy atom. The van der Waals surface area contributed by atoms with Gasteiger partial charge in [0.05, 0.1) is 6.17 Å². The summed E-state index contributed by atoms with van der Waals surface area (Å²) in [5.74, 6) is 0. The predicted molar refractivity (Wildman–Crippen MR) is 100 cm³/mol. The van der Waals surface area contributed by atoms with Crippen LogP contribution >= 0.6 is 0 Å². The van der Waals surface area contributed by atoms with E-state index in [0.717, 1.165) is 6.42 Å². The van der Waals surface area contributed by atoms with Gasteiger partial charge >= 0.3 is 0 Å². The quantitative estimate of drug-likeness (QED) is 0.937. The molecule has 1 N–H and O–H groups in total. The van der Waals surface area contributed by atoms with Gasteiger partial charge in [0.1, 0.15) is 0 Å². The molecule has 0 amide bonds. The molecule has 23 heavy (non-hydrogen) atoms. The van der Waals surface area contributed by atoms with E-state index in [4.69, 9.17) is 0 Å². The van der Waals surface area contributed by atoms with Crippen molar-refractivity contribution in [2.45, 2.75) is 46.3 Å². The third kappa shape index (κ3) is 3.59. The highest BCUT2D eigenvalue weighted by atomic mass is 15.2. The summed E-state index contributed by atoms with van der Waals surface area (Å²) in [5, 5.41) is 9.03. The molecule has 3 rings (SSSR count). The molecule has 1 heterocycles. The molecule has 2 heteroatoms. The van der Waals surface area contributed by atoms with Crippen molar-refractivity contribution in [2.24, 2.45) is 5.41 Å². The SMILES string of the molecule is C[C@H](CC(C)(C)C)NC1C=c2ccc3ccccc3c2=CN1C. The molecule has 2 nitrogen and oxygen atoms in total. The number of hydrogen-bond acceptors (Lipinski definition) is 2. The van der Waals surface area contributed by atoms with Gasteiger partial charge < -0.3 is 4.90 Å². The van der Waals surface area contributed by atoms with Gasteiger partial charge in [-0.15, -0.1) is 0 Å². The predicted octanol–water partition coefficient (Wildman–Crippen LogP) is 3.04. The largest absolute Gasteiger partial charge is 0.361 e. The summed E-state index contributed by atoms with van der Waals surface area (Å²) in [4.78, 5) is 2.29. The van der Waals surface area contributed by atoms with Gasteiger partial charge in [-0.05, 0) is 40.8 Å². The molecule has 2 aromatic carbocycles. The first kappa shape index (κ1) is 16.1. The molecule has 0 spiro atoms. The van der Waals surface area contributed by atoms with Gasteiger partial charge in [0.15, 0.2) is 0 Å². The van der Waals surface area contributed by atoms with Crippen molar-refractivity contribution in [2.75, 3.05) is 7.05 Å². The number of nitrogens with zero attached hydrogens (tertiary/aromatic N) is 1. The van der Waals surface area contributed by atoms with Gasteiger partial charge in [-0.25, -0.2) is 0 Å². The maximum Gasteiger partial charge on any atom is 0.0990 e. The minimum atomic E-state index is 0.251. The molecular weight excluding hydrogens is 280 g/mol. The summed E-state index contributed by atoms with van der Waals surface area (Å²) in [6.07, 6.45) is 6.04. The summed E-state index contributed by atoms with van der Waals surface area (Å²) in [6, 6.07) is 13.6. The highest BCUT2D eigenvalue weighted by Gasteiger charge is 2.20. The fourth-order valence-electron chi connectivity index (χ4n) is 3.61. The Balaban J connectivity index is 1.93. The number of rotatable bonds is 3. The maximum absolute atomic E-state index is 3.75. The standard InChI is InChI=1S/C21H28N2/c1-15(13-21(2,3)4)22-20-12-17-11-10-16-8-6-7-9-18(16)19(17)14-23(20)5/h6-12,14-15,20,22H,13H2,1-5H3/t15-,20?/m1/s1. The zero-order valence-corrected chi connectivity index (χ0v) is 14.9. The fraction of sp³-hybridized carbons (Fsp3) is 0.429. The average molecular weight is 308 g/mol. The van der Waals surface area contributed by atoms with Crippen molar-refractivity contribution in [1.82, 2.24) is 10.2 Å². The Morgan fingerprint density at radius 1 is 1.13 bits per heavy atom. The van der Waals surface area contributed by atoms with E-state index < -0.39 is 0 Å². The summed E-state index contributed by atoms with van der Waals surface area (Å²) in [6.45, 7) is 9.18. The minimum absolute atomic E-state index is 0.251. The lowest BCUT2D eigenvalue weighted by molar-refractivity contribution is 0.272. The van der Waals surface area contributed by atoms with E-state index in [2.05, 4.69) is 93.6 Å². The molecule has 0 saturated carbocycles. The van der Waals surface area contributed by atoms with Gasteiger partial charge in [-0.2, -0.15) is 0 Å². The van der Waals surface area contributed by atoms with Crippen LogP contribution in [0.3, 0.4) is 0 Å². The molecule has 2 aromatic rings. The van der Waals surface area contributed by atoms with Crippen LogP contribution in [0.15, 0.2) is 36.4 Å². The van der Waals surface area contributed by atoms with Gasteiger partial charge in [-0.3, -0.25) is 5.32 Å². The highest BCUT2D eigenvalue weighted by molar-refractivity contribution is 5.84. The van der Waals surface area contributed by atoms with Gasteiger partial charge in [-0.1, -0.05) is 57.2 Å². The second-order valence-corrected chi connectivity index (χ2v) is 8.03. The minimum Gasteiger partial charge on any atom is -0.361 e. The Labute approximate surface area is 139 Å². The van der Waals surface area contributed by atoms with Gasteiger partial charge in [0, 0.05) is 24.5 Å². The summed E-state index contributed by atoms with van der Waals surface area (Å²) >= 11 is 0. The molecule has 0 fully saturated rings. The lowest BCUT2D eigenvalue weighted by Crippen LogP contribution is -2.50. The molecule has 1 unspecified atom stereocenters. The Morgan fingerprint density at radius 3 is 2.61 bits per heavy atom. The third-order valence-electron chi connectivity index (χ3n) is 4.49. The molecule has 1 aliphatic rings. The monoisotopic (exact) mass is 308 g/mol. The van der Waals surface area contributed by atoms with Crippen LogP contribution in [0, 0.1) is 5.41 Å². The number of hydrogen-bond donors (Lipinski definition) is 1. The number of fused-ring (bicyclic) bond motifs is 3. The fourth-order valence-corrected chi connectivity index (χ4v) is 3.61. The first-order chi connectivity index (χ1) is 10.8. The molecular formula is C21H28N2. The zero-order valence-electron chi connectivity index (χ0n) is 14.9. The summed E-state index contributed by atoms with van der Waals surface area (Å²) in [5.41, 5.74) is 0.345. The van der Waals surface area contributed by atoms with Crippen LogP contribution in [-0.2, 0) is 0 Å². The first-order valence-electron chi connectivity index (χ1n) is 8.53. The van der Waals surface area contributed by atoms with Gasteiger partial charge in [0.2, 0.25) is 0 Å². The maximum atomic E-state index is 3.75. The topological polar surface area (TPSA) is 15.3 Å². The van der Waals surface area contributed by atoms with E-state index in [9.17, 15) is 0 Å². The van der Waals surface area contributed by atoms with Crippen LogP contribution in [-0.4, -0.2) is 24.2 Å². The van der Waals surface area contributed by atoms with E-state index in [-0.39, 0.29) is 6.17 Å². The average Bonchev–Trinajstić information content (AvgIpc) is 2.46. The Bertz CT molecular complexity index is 814. The van der Waals surface area contributed by atoms with Crippen LogP contribution in [0.4, 0.5) is 0 Å². The number of benzene rings is 2. The Hall–Kier alpha value is -1.80. The van der Waals surface area contributed by atoms with E-state index in [0.29, 0.717) is 11.5 Å². The van der Waals surface area contributed by atoms with Crippen LogP contribution in [0.25, 0.3) is 23.0 Å². The summed E-state index contributed by atoms with van der Waals surface area (Å²) in [7, 11) is 2.16. The summed E-state index contributed by atoms with van der Waals surface area (Å²) < 4.78 is 0. The molecule has 0 saturated heterocycles. The molecule has 122 valence electrons. The second kappa shape index (κ2) is 6.01. The van der Waals surface area contributed by atoms with Crippen molar-refractivity contribution >= 4 is 23.0 Å². The van der Waals surface area contributed by atoms with Gasteiger partial charge in [0.25, 0.3) is 0 Å². The lowest BCUT2D eigenvalue weighted by atomic mass is 9.88. The molecule has 0 radical (unpaired) electrons. The van der Waals surface area contributed by atoms with E-state index in [1.807, 2.05) is 0 Å². The smallest absolute Gasteiger partial charge is 0.0990 e. The first-order valence-corrected chi connectivity index (χ1v) is 8.53. The molecule has 1 aliphatic heterocycles. The third-order valence-corrected chi connectivity index (χ3v) is 4.49. The van der Waals surface area contributed by atoms with Crippen molar-refractivity contribution in [3.63, 3.8) is 0 Å². The Kier molecular flexibility index (Phi) is 4.20. The van der Waals surface area contributed by atoms with Crippen molar-refractivity contribution in [3.8, 4) is 0 Å². The second-order valence-electron chi connectivity index (χ2n) is 8.03. The molecule has 2 atom stereocenters. The number of nitrogens with one attached hydrogen (secondary N) is 1. The van der Waals surface area contributed by atoms with Crippen LogP contribution in [0.2, 0.25) is 0 Å². The van der Waals surface area contributed by atoms with E-state index in [1.54, 1.807) is 0 Å². The van der Waals surface area contributed by atoms with E-state index >= 15 is 0 Å². The highest BCUT2D eigenvalue weighted by Crippen LogP contribution is 2.21.